The molecule has 0 heterocycles. The van der Waals surface area contributed by atoms with Crippen LogP contribution in [0.4, 0.5) is 5.69 Å². The lowest BCUT2D eigenvalue weighted by Crippen LogP contribution is -2.35. The number of anilines is 1. The number of hydrogen-bond donors (Lipinski definition) is 2. The molecule has 0 fully saturated rings. The molecule has 0 saturated carbocycles. The minimum Gasteiger partial charge on any atom is -0.347 e. The van der Waals surface area contributed by atoms with Crippen molar-refractivity contribution in [3.05, 3.63) is 29.3 Å². The molecule has 0 aromatic heterocycles. The van der Waals surface area contributed by atoms with Gasteiger partial charge in [-0.1, -0.05) is 25.4 Å². The molecule has 0 saturated heterocycles. The monoisotopic (exact) mass is 254 g/mol. The van der Waals surface area contributed by atoms with Gasteiger partial charge in [0.2, 0.25) is 11.8 Å². The van der Waals surface area contributed by atoms with Crippen LogP contribution < -0.4 is 10.6 Å². The summed E-state index contributed by atoms with van der Waals surface area (Å²) in [6.45, 7) is 3.51. The van der Waals surface area contributed by atoms with Crippen LogP contribution in [0.1, 0.15) is 13.8 Å². The smallest absolute Gasteiger partial charge is 0.243 e. The average molecular weight is 255 g/mol. The van der Waals surface area contributed by atoms with Crippen LogP contribution in [-0.2, 0) is 9.59 Å². The molecule has 0 bridgehead atoms. The Balaban J connectivity index is 2.40. The molecule has 0 atom stereocenters. The molecule has 0 aliphatic rings. The predicted molar refractivity (Wildman–Crippen MR) is 67.9 cm³/mol. The minimum absolute atomic E-state index is 0.0281. The molecular weight excluding hydrogens is 240 g/mol. The summed E-state index contributed by atoms with van der Waals surface area (Å²) in [6.07, 6.45) is 0. The number of carbonyl (C=O) groups excluding carboxylic acids is 2. The molecule has 0 unspecified atom stereocenters. The van der Waals surface area contributed by atoms with Gasteiger partial charge in [-0.05, 0) is 24.3 Å². The van der Waals surface area contributed by atoms with Crippen LogP contribution in [0.5, 0.6) is 0 Å². The summed E-state index contributed by atoms with van der Waals surface area (Å²) in [5.41, 5.74) is 0.651. The fourth-order valence-corrected chi connectivity index (χ4v) is 1.24. The summed E-state index contributed by atoms with van der Waals surface area (Å²) < 4.78 is 0. The summed E-state index contributed by atoms with van der Waals surface area (Å²) >= 11 is 5.72. The Kier molecular flexibility index (Phi) is 4.97. The number of nitrogens with one attached hydrogen (secondary N) is 2. The summed E-state index contributed by atoms with van der Waals surface area (Å²) in [4.78, 5) is 22.7. The van der Waals surface area contributed by atoms with Gasteiger partial charge in [-0.3, -0.25) is 9.59 Å². The van der Waals surface area contributed by atoms with Gasteiger partial charge in [0.15, 0.2) is 0 Å². The van der Waals surface area contributed by atoms with Crippen LogP contribution in [0.3, 0.4) is 0 Å². The fourth-order valence-electron chi connectivity index (χ4n) is 1.11. The Morgan fingerprint density at radius 2 is 1.82 bits per heavy atom. The van der Waals surface area contributed by atoms with E-state index >= 15 is 0 Å². The summed E-state index contributed by atoms with van der Waals surface area (Å²) in [5, 5.41) is 5.80. The molecule has 0 aliphatic carbocycles. The minimum atomic E-state index is -0.263. The zero-order valence-electron chi connectivity index (χ0n) is 9.79. The fraction of sp³-hybridized carbons (Fsp3) is 0.333. The van der Waals surface area contributed by atoms with Gasteiger partial charge in [0.25, 0.3) is 0 Å². The normalized spacial score (nSPS) is 10.1. The van der Waals surface area contributed by atoms with Gasteiger partial charge in [-0.15, -0.1) is 0 Å². The lowest BCUT2D eigenvalue weighted by atomic mass is 10.2. The van der Waals surface area contributed by atoms with Crippen molar-refractivity contribution in [2.24, 2.45) is 5.92 Å². The quantitative estimate of drug-likeness (QED) is 0.864. The summed E-state index contributed by atoms with van der Waals surface area (Å²) in [7, 11) is 0. The van der Waals surface area contributed by atoms with Crippen LogP contribution >= 0.6 is 11.6 Å². The van der Waals surface area contributed by atoms with E-state index in [2.05, 4.69) is 10.6 Å². The van der Waals surface area contributed by atoms with Crippen LogP contribution in [-0.4, -0.2) is 18.4 Å². The van der Waals surface area contributed by atoms with Crippen molar-refractivity contribution in [3.63, 3.8) is 0 Å². The molecule has 0 radical (unpaired) electrons. The van der Waals surface area contributed by atoms with Crippen molar-refractivity contribution < 1.29 is 9.59 Å². The average Bonchev–Trinajstić information content (AvgIpc) is 2.29. The van der Waals surface area contributed by atoms with Gasteiger partial charge in [-0.25, -0.2) is 0 Å². The van der Waals surface area contributed by atoms with Crippen LogP contribution in [0.2, 0.25) is 5.02 Å². The SMILES string of the molecule is CC(C)C(=O)NCC(=O)Nc1ccc(Cl)cc1. The Labute approximate surface area is 105 Å². The zero-order chi connectivity index (χ0) is 12.8. The Morgan fingerprint density at radius 3 is 2.35 bits per heavy atom. The first-order valence-corrected chi connectivity index (χ1v) is 5.70. The number of rotatable bonds is 4. The molecule has 4 nitrogen and oxygen atoms in total. The van der Waals surface area contributed by atoms with Crippen LogP contribution in [0, 0.1) is 5.92 Å². The Hall–Kier alpha value is -1.55. The third kappa shape index (κ3) is 4.87. The maximum Gasteiger partial charge on any atom is 0.243 e. The maximum atomic E-state index is 11.5. The van der Waals surface area contributed by atoms with Gasteiger partial charge in [0.05, 0.1) is 6.54 Å². The highest BCUT2D eigenvalue weighted by atomic mass is 35.5. The highest BCUT2D eigenvalue weighted by molar-refractivity contribution is 6.30. The second-order valence-electron chi connectivity index (χ2n) is 3.93. The molecule has 1 aromatic rings. The van der Waals surface area contributed by atoms with Gasteiger partial charge < -0.3 is 10.6 Å². The lowest BCUT2D eigenvalue weighted by Gasteiger charge is -2.08. The third-order valence-electron chi connectivity index (χ3n) is 2.08. The first-order chi connectivity index (χ1) is 7.99. The van der Waals surface area contributed by atoms with Crippen molar-refractivity contribution in [2.45, 2.75) is 13.8 Å². The number of amides is 2. The van der Waals surface area contributed by atoms with Crippen molar-refractivity contribution in [2.75, 3.05) is 11.9 Å². The van der Waals surface area contributed by atoms with Gasteiger partial charge >= 0.3 is 0 Å². The molecule has 5 heteroatoms. The Bertz CT molecular complexity index is 401. The third-order valence-corrected chi connectivity index (χ3v) is 2.33. The molecule has 1 rings (SSSR count). The van der Waals surface area contributed by atoms with E-state index in [1.807, 2.05) is 0 Å². The van der Waals surface area contributed by atoms with Gasteiger partial charge in [0, 0.05) is 16.6 Å². The highest BCUT2D eigenvalue weighted by Crippen LogP contribution is 2.12. The van der Waals surface area contributed by atoms with E-state index in [9.17, 15) is 9.59 Å². The first kappa shape index (κ1) is 13.5. The molecule has 92 valence electrons. The van der Waals surface area contributed by atoms with E-state index in [0.29, 0.717) is 10.7 Å². The molecular formula is C12H15ClN2O2. The molecule has 2 N–H and O–H groups in total. The number of carbonyl (C=O) groups is 2. The second-order valence-corrected chi connectivity index (χ2v) is 4.36. The summed E-state index contributed by atoms with van der Waals surface area (Å²) in [6, 6.07) is 6.77. The molecule has 17 heavy (non-hydrogen) atoms. The van der Waals surface area contributed by atoms with E-state index in [4.69, 9.17) is 11.6 Å². The number of benzene rings is 1. The van der Waals surface area contributed by atoms with E-state index in [1.165, 1.54) is 0 Å². The number of halogens is 1. The van der Waals surface area contributed by atoms with Gasteiger partial charge in [0.1, 0.15) is 0 Å². The van der Waals surface area contributed by atoms with Crippen molar-refractivity contribution in [1.82, 2.24) is 5.32 Å². The molecule has 0 spiro atoms. The van der Waals surface area contributed by atoms with E-state index < -0.39 is 0 Å². The van der Waals surface area contributed by atoms with E-state index in [0.717, 1.165) is 0 Å². The maximum absolute atomic E-state index is 11.5. The van der Waals surface area contributed by atoms with Gasteiger partial charge in [-0.2, -0.15) is 0 Å². The van der Waals surface area contributed by atoms with Crippen molar-refractivity contribution >= 4 is 29.1 Å². The van der Waals surface area contributed by atoms with Crippen LogP contribution in [0.15, 0.2) is 24.3 Å². The molecule has 0 aliphatic heterocycles. The standard InChI is InChI=1S/C12H15ClN2O2/c1-8(2)12(17)14-7-11(16)15-10-5-3-9(13)4-6-10/h3-6,8H,7H2,1-2H3,(H,14,17)(H,15,16). The van der Waals surface area contributed by atoms with E-state index in [1.54, 1.807) is 38.1 Å². The molecule has 2 amide bonds. The number of hydrogen-bond acceptors (Lipinski definition) is 2. The second kappa shape index (κ2) is 6.25. The van der Waals surface area contributed by atoms with Crippen molar-refractivity contribution in [3.8, 4) is 0 Å². The van der Waals surface area contributed by atoms with E-state index in [-0.39, 0.29) is 24.3 Å². The zero-order valence-corrected chi connectivity index (χ0v) is 10.5. The predicted octanol–water partition coefficient (Wildman–Crippen LogP) is 2.05. The van der Waals surface area contributed by atoms with Crippen LogP contribution in [0.25, 0.3) is 0 Å². The largest absolute Gasteiger partial charge is 0.347 e. The topological polar surface area (TPSA) is 58.2 Å². The molecule has 1 aromatic carbocycles. The van der Waals surface area contributed by atoms with Crippen molar-refractivity contribution in [1.29, 1.82) is 0 Å². The Morgan fingerprint density at radius 1 is 1.24 bits per heavy atom. The highest BCUT2D eigenvalue weighted by Gasteiger charge is 2.08. The summed E-state index contributed by atoms with van der Waals surface area (Å²) in [5.74, 6) is -0.532. The first-order valence-electron chi connectivity index (χ1n) is 5.32. The lowest BCUT2D eigenvalue weighted by molar-refractivity contribution is -0.126.